The number of likely N-dealkylation sites (tertiary alicyclic amines) is 1. The highest BCUT2D eigenvalue weighted by Crippen LogP contribution is 2.44. The number of nitrogens with zero attached hydrogens (tertiary/aromatic N) is 1. The zero-order chi connectivity index (χ0) is 11.6. The molecule has 4 N–H and O–H groups in total. The lowest BCUT2D eigenvalue weighted by Gasteiger charge is -2.32. The first-order chi connectivity index (χ1) is 7.65. The molecule has 92 valence electrons. The molecule has 0 aromatic heterocycles. The summed E-state index contributed by atoms with van der Waals surface area (Å²) in [6, 6.07) is 0.159. The van der Waals surface area contributed by atoms with Gasteiger partial charge in [0.2, 0.25) is 0 Å². The molecule has 1 aliphatic heterocycles. The average Bonchev–Trinajstić information content (AvgIpc) is 3.08. The summed E-state index contributed by atoms with van der Waals surface area (Å²) in [7, 11) is 0. The number of aliphatic hydroxyl groups is 1. The largest absolute Gasteiger partial charge is 0.396 e. The Morgan fingerprint density at radius 3 is 2.50 bits per heavy atom. The second-order valence-corrected chi connectivity index (χ2v) is 5.14. The van der Waals surface area contributed by atoms with Crippen LogP contribution < -0.4 is 11.1 Å². The van der Waals surface area contributed by atoms with E-state index in [1.165, 1.54) is 0 Å². The first kappa shape index (κ1) is 11.7. The van der Waals surface area contributed by atoms with Crippen LogP contribution in [0.4, 0.5) is 4.79 Å². The van der Waals surface area contributed by atoms with E-state index in [1.807, 2.05) is 0 Å². The van der Waals surface area contributed by atoms with Crippen LogP contribution in [0.5, 0.6) is 0 Å². The first-order valence-electron chi connectivity index (χ1n) is 6.04. The Hall–Kier alpha value is -0.810. The highest BCUT2D eigenvalue weighted by Gasteiger charge is 2.42. The number of carbonyl (C=O) groups excluding carboxylic acids is 1. The number of rotatable bonds is 4. The number of carbonyl (C=O) groups is 1. The second-order valence-electron chi connectivity index (χ2n) is 5.14. The van der Waals surface area contributed by atoms with E-state index in [1.54, 1.807) is 4.90 Å². The lowest BCUT2D eigenvalue weighted by molar-refractivity contribution is 0.174. The number of amides is 2. The predicted octanol–water partition coefficient (Wildman–Crippen LogP) is -0.108. The molecule has 1 saturated carbocycles. The van der Waals surface area contributed by atoms with Crippen molar-refractivity contribution >= 4 is 6.03 Å². The molecule has 2 rings (SSSR count). The lowest BCUT2D eigenvalue weighted by atomic mass is 10.0. The molecule has 1 aliphatic carbocycles. The predicted molar refractivity (Wildman–Crippen MR) is 60.9 cm³/mol. The van der Waals surface area contributed by atoms with E-state index in [0.29, 0.717) is 12.6 Å². The number of nitrogens with one attached hydrogen (secondary N) is 1. The molecule has 1 heterocycles. The van der Waals surface area contributed by atoms with Crippen LogP contribution in [0.2, 0.25) is 0 Å². The molecule has 0 atom stereocenters. The molecule has 0 spiro atoms. The fraction of sp³-hybridized carbons (Fsp3) is 0.909. The summed E-state index contributed by atoms with van der Waals surface area (Å²) in [4.78, 5) is 12.6. The Bertz CT molecular complexity index is 258. The minimum Gasteiger partial charge on any atom is -0.396 e. The maximum atomic E-state index is 10.9. The summed E-state index contributed by atoms with van der Waals surface area (Å²) in [6.45, 7) is 2.70. The van der Waals surface area contributed by atoms with Crippen molar-refractivity contribution in [2.45, 2.75) is 31.7 Å². The van der Waals surface area contributed by atoms with Gasteiger partial charge in [-0.1, -0.05) is 0 Å². The molecule has 1 saturated heterocycles. The minimum atomic E-state index is -0.313. The maximum Gasteiger partial charge on any atom is 0.314 e. The highest BCUT2D eigenvalue weighted by molar-refractivity contribution is 5.72. The topological polar surface area (TPSA) is 78.6 Å². The molecule has 2 fully saturated rings. The summed E-state index contributed by atoms with van der Waals surface area (Å²) < 4.78 is 0. The van der Waals surface area contributed by atoms with Crippen LogP contribution in [0, 0.1) is 5.41 Å². The fourth-order valence-corrected chi connectivity index (χ4v) is 2.23. The van der Waals surface area contributed by atoms with Crippen molar-refractivity contribution in [1.82, 2.24) is 10.2 Å². The van der Waals surface area contributed by atoms with E-state index >= 15 is 0 Å². The summed E-state index contributed by atoms with van der Waals surface area (Å²) in [6.07, 6.45) is 4.20. The highest BCUT2D eigenvalue weighted by atomic mass is 16.3. The smallest absolute Gasteiger partial charge is 0.314 e. The normalized spacial score (nSPS) is 24.4. The van der Waals surface area contributed by atoms with E-state index in [2.05, 4.69) is 5.32 Å². The minimum absolute atomic E-state index is 0.167. The van der Waals surface area contributed by atoms with Gasteiger partial charge in [-0.2, -0.15) is 0 Å². The quantitative estimate of drug-likeness (QED) is 0.627. The monoisotopic (exact) mass is 227 g/mol. The van der Waals surface area contributed by atoms with E-state index in [0.717, 1.165) is 45.3 Å². The van der Waals surface area contributed by atoms with E-state index in [-0.39, 0.29) is 11.4 Å². The number of nitrogens with two attached hydrogens (primary N) is 1. The molecule has 2 amide bonds. The van der Waals surface area contributed by atoms with Crippen molar-refractivity contribution in [2.24, 2.45) is 11.1 Å². The van der Waals surface area contributed by atoms with Crippen molar-refractivity contribution in [3.8, 4) is 0 Å². The molecule has 5 heteroatoms. The summed E-state index contributed by atoms with van der Waals surface area (Å²) >= 11 is 0. The van der Waals surface area contributed by atoms with Crippen molar-refractivity contribution in [2.75, 3.05) is 26.2 Å². The Kier molecular flexibility index (Phi) is 3.35. The van der Waals surface area contributed by atoms with Crippen LogP contribution in [0.1, 0.15) is 25.7 Å². The number of piperidine rings is 1. The van der Waals surface area contributed by atoms with Crippen molar-refractivity contribution < 1.29 is 9.90 Å². The van der Waals surface area contributed by atoms with Gasteiger partial charge >= 0.3 is 6.03 Å². The Morgan fingerprint density at radius 2 is 2.06 bits per heavy atom. The van der Waals surface area contributed by atoms with E-state index in [9.17, 15) is 9.90 Å². The summed E-state index contributed by atoms with van der Waals surface area (Å²) in [5.74, 6) is 0. The van der Waals surface area contributed by atoms with Crippen LogP contribution in [0.3, 0.4) is 0 Å². The van der Waals surface area contributed by atoms with Crippen molar-refractivity contribution in [3.63, 3.8) is 0 Å². The molecule has 0 aromatic carbocycles. The number of hydrogen-bond acceptors (Lipinski definition) is 3. The second kappa shape index (κ2) is 4.59. The van der Waals surface area contributed by atoms with Gasteiger partial charge in [-0.25, -0.2) is 4.79 Å². The number of urea groups is 1. The maximum absolute atomic E-state index is 10.9. The van der Waals surface area contributed by atoms with Crippen LogP contribution in [0.15, 0.2) is 0 Å². The van der Waals surface area contributed by atoms with Gasteiger partial charge in [0.25, 0.3) is 0 Å². The zero-order valence-electron chi connectivity index (χ0n) is 9.61. The molecular weight excluding hydrogens is 206 g/mol. The molecule has 0 bridgehead atoms. The molecule has 2 aliphatic rings. The standard InChI is InChI=1S/C11H21N3O2/c12-10(16)14-5-1-9(2-6-14)13-7-11(8-15)3-4-11/h9,13,15H,1-8H2,(H2,12,16). The first-order valence-corrected chi connectivity index (χ1v) is 6.04. The number of hydrogen-bond donors (Lipinski definition) is 3. The van der Waals surface area contributed by atoms with Crippen LogP contribution in [0.25, 0.3) is 0 Å². The molecule has 5 nitrogen and oxygen atoms in total. The van der Waals surface area contributed by atoms with Gasteiger partial charge in [0, 0.05) is 37.7 Å². The average molecular weight is 227 g/mol. The molecule has 16 heavy (non-hydrogen) atoms. The van der Waals surface area contributed by atoms with Gasteiger partial charge in [0.15, 0.2) is 0 Å². The summed E-state index contributed by atoms with van der Waals surface area (Å²) in [5.41, 5.74) is 5.39. The number of aliphatic hydroxyl groups excluding tert-OH is 1. The summed E-state index contributed by atoms with van der Waals surface area (Å²) in [5, 5.41) is 12.7. The third kappa shape index (κ3) is 2.65. The zero-order valence-corrected chi connectivity index (χ0v) is 9.61. The SMILES string of the molecule is NC(=O)N1CCC(NCC2(CO)CC2)CC1. The molecule has 0 unspecified atom stereocenters. The Labute approximate surface area is 96.0 Å². The van der Waals surface area contributed by atoms with Crippen molar-refractivity contribution in [1.29, 1.82) is 0 Å². The number of primary amides is 1. The van der Waals surface area contributed by atoms with Gasteiger partial charge < -0.3 is 21.1 Å². The van der Waals surface area contributed by atoms with Crippen LogP contribution in [-0.4, -0.2) is 48.3 Å². The van der Waals surface area contributed by atoms with Gasteiger partial charge in [-0.05, 0) is 25.7 Å². The van der Waals surface area contributed by atoms with E-state index < -0.39 is 0 Å². The van der Waals surface area contributed by atoms with Gasteiger partial charge in [-0.3, -0.25) is 0 Å². The third-order valence-electron chi connectivity index (χ3n) is 3.86. The third-order valence-corrected chi connectivity index (χ3v) is 3.86. The lowest BCUT2D eigenvalue weighted by Crippen LogP contribution is -2.47. The fourth-order valence-electron chi connectivity index (χ4n) is 2.23. The van der Waals surface area contributed by atoms with Gasteiger partial charge in [0.05, 0.1) is 0 Å². The van der Waals surface area contributed by atoms with Gasteiger partial charge in [0.1, 0.15) is 0 Å². The molecule has 0 radical (unpaired) electrons. The van der Waals surface area contributed by atoms with Crippen LogP contribution in [-0.2, 0) is 0 Å². The van der Waals surface area contributed by atoms with Crippen molar-refractivity contribution in [3.05, 3.63) is 0 Å². The van der Waals surface area contributed by atoms with E-state index in [4.69, 9.17) is 5.73 Å². The molecular formula is C11H21N3O2. The van der Waals surface area contributed by atoms with Crippen LogP contribution >= 0.6 is 0 Å². The molecule has 0 aromatic rings. The Balaban J connectivity index is 1.67. The van der Waals surface area contributed by atoms with Gasteiger partial charge in [-0.15, -0.1) is 0 Å². The Morgan fingerprint density at radius 1 is 1.44 bits per heavy atom.